The van der Waals surface area contributed by atoms with E-state index in [9.17, 15) is 0 Å². The fourth-order valence-electron chi connectivity index (χ4n) is 10.1. The molecule has 0 amide bonds. The van der Waals surface area contributed by atoms with E-state index in [1.54, 1.807) is 0 Å². The molecule has 1 heterocycles. The lowest BCUT2D eigenvalue weighted by atomic mass is 9.92. The zero-order valence-electron chi connectivity index (χ0n) is 35.4. The maximum atomic E-state index is 2.47. The van der Waals surface area contributed by atoms with Crippen molar-refractivity contribution in [3.05, 3.63) is 248 Å². The fourth-order valence-corrected chi connectivity index (χ4v) is 10.1. The van der Waals surface area contributed by atoms with E-state index in [0.717, 1.165) is 41.2 Å². The third kappa shape index (κ3) is 6.51. The number of rotatable bonds is 8. The lowest BCUT2D eigenvalue weighted by Crippen LogP contribution is -2.11. The fraction of sp³-hybridized carbons (Fsp3) is 0.0323. The van der Waals surface area contributed by atoms with Gasteiger partial charge >= 0.3 is 0 Å². The van der Waals surface area contributed by atoms with Crippen molar-refractivity contribution in [3.8, 4) is 50.2 Å². The van der Waals surface area contributed by atoms with Crippen LogP contribution in [0.2, 0.25) is 0 Å². The minimum atomic E-state index is 1.05. The molecule has 1 aromatic heterocycles. The number of nitrogens with zero attached hydrogens (tertiary/aromatic N) is 2. The van der Waals surface area contributed by atoms with Crippen molar-refractivity contribution in [1.82, 2.24) is 4.57 Å². The minimum absolute atomic E-state index is 1.05. The van der Waals surface area contributed by atoms with Gasteiger partial charge in [-0.1, -0.05) is 182 Å². The number of aryl methyl sites for hydroxylation is 1. The first-order valence-electron chi connectivity index (χ1n) is 22.3. The Bertz CT molecular complexity index is 3540. The average Bonchev–Trinajstić information content (AvgIpc) is 3.71. The van der Waals surface area contributed by atoms with Gasteiger partial charge in [0.1, 0.15) is 0 Å². The largest absolute Gasteiger partial charge is 0.310 e. The molecule has 0 saturated carbocycles. The summed E-state index contributed by atoms with van der Waals surface area (Å²) >= 11 is 0. The van der Waals surface area contributed by atoms with Gasteiger partial charge in [-0.05, 0) is 140 Å². The summed E-state index contributed by atoms with van der Waals surface area (Å²) in [5.41, 5.74) is 17.8. The van der Waals surface area contributed by atoms with Crippen LogP contribution in [-0.2, 0) is 6.42 Å². The zero-order chi connectivity index (χ0) is 42.4. The zero-order valence-corrected chi connectivity index (χ0v) is 35.4. The second-order valence-corrected chi connectivity index (χ2v) is 16.8. The van der Waals surface area contributed by atoms with Gasteiger partial charge in [-0.3, -0.25) is 0 Å². The van der Waals surface area contributed by atoms with Gasteiger partial charge in [0.25, 0.3) is 0 Å². The standard InChI is InChI=1S/C62H44N2/c1-3-18-43(19-4-1)46-23-17-24-49(40-46)63(48-36-34-45(35-37-48)58-41-47-22-7-8-25-51(47)53-26-9-10-27-54(53)58)60-31-14-13-30-57(60)59-42-50(38-39-52(59)44-20-5-2-6-21-44)64-61-32-15-11-28-55(61)56-29-12-16-33-62(56)64/h1-11,13-28,30-42H,12,29H2. The van der Waals surface area contributed by atoms with Crippen LogP contribution in [0.3, 0.4) is 0 Å². The van der Waals surface area contributed by atoms with Crippen molar-refractivity contribution in [3.63, 3.8) is 0 Å². The van der Waals surface area contributed by atoms with Crippen LogP contribution in [0.4, 0.5) is 17.1 Å². The maximum Gasteiger partial charge on any atom is 0.0540 e. The van der Waals surface area contributed by atoms with E-state index >= 15 is 0 Å². The highest BCUT2D eigenvalue weighted by Crippen LogP contribution is 2.46. The van der Waals surface area contributed by atoms with Crippen LogP contribution in [0.1, 0.15) is 17.7 Å². The van der Waals surface area contributed by atoms with E-state index in [1.165, 1.54) is 82.6 Å². The van der Waals surface area contributed by atoms with Gasteiger partial charge in [-0.15, -0.1) is 0 Å². The molecule has 0 aliphatic heterocycles. The molecule has 0 radical (unpaired) electrons. The van der Waals surface area contributed by atoms with Crippen molar-refractivity contribution < 1.29 is 0 Å². The number of allylic oxidation sites excluding steroid dienone is 1. The lowest BCUT2D eigenvalue weighted by molar-refractivity contribution is 0.968. The van der Waals surface area contributed by atoms with Gasteiger partial charge in [0, 0.05) is 33.7 Å². The van der Waals surface area contributed by atoms with Gasteiger partial charge in [-0.2, -0.15) is 0 Å². The van der Waals surface area contributed by atoms with E-state index < -0.39 is 0 Å². The average molecular weight is 817 g/mol. The molecule has 0 spiro atoms. The molecular formula is C62H44N2. The highest BCUT2D eigenvalue weighted by molar-refractivity contribution is 6.14. The molecule has 11 aromatic rings. The maximum absolute atomic E-state index is 2.47. The second-order valence-electron chi connectivity index (χ2n) is 16.8. The van der Waals surface area contributed by atoms with Crippen LogP contribution in [0.15, 0.2) is 237 Å². The Morgan fingerprint density at radius 1 is 0.375 bits per heavy atom. The van der Waals surface area contributed by atoms with Crippen LogP contribution in [0.25, 0.3) is 88.7 Å². The number of hydrogen-bond acceptors (Lipinski definition) is 1. The molecule has 302 valence electrons. The summed E-state index contributed by atoms with van der Waals surface area (Å²) in [4.78, 5) is 2.45. The predicted molar refractivity (Wildman–Crippen MR) is 272 cm³/mol. The number of aromatic nitrogens is 1. The first kappa shape index (κ1) is 37.6. The number of hydrogen-bond donors (Lipinski definition) is 0. The number of benzene rings is 10. The molecule has 1 aliphatic rings. The van der Waals surface area contributed by atoms with Crippen molar-refractivity contribution >= 4 is 55.6 Å². The summed E-state index contributed by atoms with van der Waals surface area (Å²) in [5.74, 6) is 0. The quantitative estimate of drug-likeness (QED) is 0.139. The number of para-hydroxylation sites is 2. The molecule has 12 rings (SSSR count). The summed E-state index contributed by atoms with van der Waals surface area (Å²) in [5, 5.41) is 6.39. The molecule has 10 aromatic carbocycles. The third-order valence-electron chi connectivity index (χ3n) is 13.1. The van der Waals surface area contributed by atoms with Gasteiger partial charge < -0.3 is 9.47 Å². The normalized spacial score (nSPS) is 12.2. The van der Waals surface area contributed by atoms with Crippen LogP contribution >= 0.6 is 0 Å². The van der Waals surface area contributed by atoms with Crippen LogP contribution in [-0.4, -0.2) is 4.57 Å². The van der Waals surface area contributed by atoms with Gasteiger partial charge in [0.15, 0.2) is 0 Å². The highest BCUT2D eigenvalue weighted by atomic mass is 15.1. The first-order valence-corrected chi connectivity index (χ1v) is 22.3. The first-order chi connectivity index (χ1) is 31.8. The molecule has 1 aliphatic carbocycles. The molecule has 64 heavy (non-hydrogen) atoms. The predicted octanol–water partition coefficient (Wildman–Crippen LogP) is 17.0. The monoisotopic (exact) mass is 816 g/mol. The van der Waals surface area contributed by atoms with Gasteiger partial charge in [-0.25, -0.2) is 0 Å². The van der Waals surface area contributed by atoms with Crippen molar-refractivity contribution in [2.24, 2.45) is 0 Å². The summed E-state index contributed by atoms with van der Waals surface area (Å²) in [6.45, 7) is 0. The van der Waals surface area contributed by atoms with E-state index in [1.807, 2.05) is 0 Å². The van der Waals surface area contributed by atoms with Crippen molar-refractivity contribution in [2.75, 3.05) is 4.90 Å². The summed E-state index contributed by atoms with van der Waals surface area (Å²) in [6, 6.07) is 84.4. The Balaban J connectivity index is 1.07. The molecule has 0 atom stereocenters. The Hall–Kier alpha value is -8.20. The molecular weight excluding hydrogens is 773 g/mol. The van der Waals surface area contributed by atoms with E-state index in [2.05, 4.69) is 252 Å². The molecule has 2 heteroatoms. The Morgan fingerprint density at radius 2 is 1.03 bits per heavy atom. The van der Waals surface area contributed by atoms with Gasteiger partial charge in [0.2, 0.25) is 0 Å². The van der Waals surface area contributed by atoms with E-state index in [0.29, 0.717) is 0 Å². The molecule has 0 bridgehead atoms. The summed E-state index contributed by atoms with van der Waals surface area (Å²) in [6.07, 6.45) is 6.75. The molecule has 2 nitrogen and oxygen atoms in total. The second kappa shape index (κ2) is 15.9. The van der Waals surface area contributed by atoms with Crippen LogP contribution in [0.5, 0.6) is 0 Å². The SMILES string of the molecule is C1=Cc2c(c3ccccc3n2-c2ccc(-c3ccccc3)c(-c3ccccc3N(c3ccc(-c4cc5ccccc5c5ccccc45)cc3)c3cccc(-c4ccccc4)c3)c2)CC1. The summed E-state index contributed by atoms with van der Waals surface area (Å²) in [7, 11) is 0. The Kier molecular flexibility index (Phi) is 9.34. The minimum Gasteiger partial charge on any atom is -0.310 e. The number of fused-ring (bicyclic) bond motifs is 6. The van der Waals surface area contributed by atoms with Crippen molar-refractivity contribution in [2.45, 2.75) is 12.8 Å². The lowest BCUT2D eigenvalue weighted by Gasteiger charge is -2.29. The van der Waals surface area contributed by atoms with Gasteiger partial charge in [0.05, 0.1) is 11.2 Å². The highest BCUT2D eigenvalue weighted by Gasteiger charge is 2.23. The molecule has 0 N–H and O–H groups in total. The molecule has 0 unspecified atom stereocenters. The number of anilines is 3. The van der Waals surface area contributed by atoms with Crippen LogP contribution < -0.4 is 4.90 Å². The third-order valence-corrected chi connectivity index (χ3v) is 13.1. The Labute approximate surface area is 374 Å². The molecule has 0 saturated heterocycles. The Morgan fingerprint density at radius 3 is 1.86 bits per heavy atom. The topological polar surface area (TPSA) is 8.17 Å². The van der Waals surface area contributed by atoms with E-state index in [-0.39, 0.29) is 0 Å². The summed E-state index contributed by atoms with van der Waals surface area (Å²) < 4.78 is 2.47. The van der Waals surface area contributed by atoms with Crippen LogP contribution in [0, 0.1) is 0 Å². The van der Waals surface area contributed by atoms with Crippen molar-refractivity contribution in [1.29, 1.82) is 0 Å². The van der Waals surface area contributed by atoms with E-state index in [4.69, 9.17) is 0 Å². The smallest absolute Gasteiger partial charge is 0.0540 e. The molecule has 0 fully saturated rings.